The maximum Gasteiger partial charge on any atom is 0.123 e. The number of phenolic OH excluding ortho intramolecular Hbond substituents is 1. The molecule has 0 aromatic heterocycles. The molecule has 0 aliphatic heterocycles. The van der Waals surface area contributed by atoms with Crippen LogP contribution in [0, 0.1) is 6.92 Å². The lowest BCUT2D eigenvalue weighted by Crippen LogP contribution is -2.22. The maximum absolute atomic E-state index is 11.0. The Morgan fingerprint density at radius 2 is 1.18 bits per heavy atom. The zero-order valence-electron chi connectivity index (χ0n) is 15.8. The first-order chi connectivity index (χ1) is 10.2. The highest BCUT2D eigenvalue weighted by molar-refractivity contribution is 5.50. The topological polar surface area (TPSA) is 20.2 Å². The van der Waals surface area contributed by atoms with E-state index < -0.39 is 0 Å². The van der Waals surface area contributed by atoms with Gasteiger partial charge < -0.3 is 5.11 Å². The molecule has 0 aliphatic rings. The Morgan fingerprint density at radius 1 is 0.818 bits per heavy atom. The van der Waals surface area contributed by atoms with Gasteiger partial charge in [0, 0.05) is 11.1 Å². The summed E-state index contributed by atoms with van der Waals surface area (Å²) in [5, 5.41) is 11.0. The van der Waals surface area contributed by atoms with Crippen molar-refractivity contribution in [3.05, 3.63) is 28.8 Å². The minimum absolute atomic E-state index is 0.0295. The average molecular weight is 305 g/mol. The van der Waals surface area contributed by atoms with Crippen LogP contribution in [0.3, 0.4) is 0 Å². The molecule has 0 radical (unpaired) electrons. The fourth-order valence-electron chi connectivity index (χ4n) is 3.32. The van der Waals surface area contributed by atoms with E-state index in [1.807, 2.05) is 0 Å². The second kappa shape index (κ2) is 7.53. The molecule has 1 heteroatoms. The fourth-order valence-corrected chi connectivity index (χ4v) is 3.32. The molecular weight excluding hydrogens is 268 g/mol. The van der Waals surface area contributed by atoms with Gasteiger partial charge in [0.1, 0.15) is 5.75 Å². The van der Waals surface area contributed by atoms with Gasteiger partial charge in [-0.1, -0.05) is 84.9 Å². The maximum atomic E-state index is 11.0. The highest BCUT2D eigenvalue weighted by atomic mass is 16.3. The Hall–Kier alpha value is -0.980. The van der Waals surface area contributed by atoms with Crippen LogP contribution in [0.2, 0.25) is 0 Å². The van der Waals surface area contributed by atoms with Crippen molar-refractivity contribution in [3.8, 4) is 5.75 Å². The first kappa shape index (κ1) is 19.1. The van der Waals surface area contributed by atoms with Gasteiger partial charge in [0.2, 0.25) is 0 Å². The minimum atomic E-state index is 0.0295. The minimum Gasteiger partial charge on any atom is -0.507 e. The summed E-state index contributed by atoms with van der Waals surface area (Å²) in [6.07, 6.45) is 7.05. The highest BCUT2D eigenvalue weighted by Crippen LogP contribution is 2.43. The molecule has 0 saturated carbocycles. The van der Waals surface area contributed by atoms with Crippen LogP contribution in [0.15, 0.2) is 12.1 Å². The summed E-state index contributed by atoms with van der Waals surface area (Å²) in [6.45, 7) is 15.7. The molecule has 1 aromatic carbocycles. The predicted octanol–water partition coefficient (Wildman–Crippen LogP) is 6.64. The molecule has 0 atom stereocenters. The Bertz CT molecular complexity index is 442. The van der Waals surface area contributed by atoms with E-state index in [0.717, 1.165) is 24.0 Å². The first-order valence-electron chi connectivity index (χ1n) is 9.00. The van der Waals surface area contributed by atoms with Crippen molar-refractivity contribution in [1.82, 2.24) is 0 Å². The Kier molecular flexibility index (Phi) is 6.52. The summed E-state index contributed by atoms with van der Waals surface area (Å²) in [4.78, 5) is 0. The van der Waals surface area contributed by atoms with Gasteiger partial charge in [-0.15, -0.1) is 0 Å². The standard InChI is InChI=1S/C21H36O/c1-8-10-12-20(4,5)17-14-16(3)15-18(19(17)22)21(6,7)13-11-9-2/h14-15,22H,8-13H2,1-7H3. The lowest BCUT2D eigenvalue weighted by Gasteiger charge is -2.32. The monoisotopic (exact) mass is 304 g/mol. The molecule has 1 nitrogen and oxygen atoms in total. The van der Waals surface area contributed by atoms with E-state index in [1.165, 1.54) is 31.2 Å². The molecule has 0 spiro atoms. The number of hydrogen-bond acceptors (Lipinski definition) is 1. The van der Waals surface area contributed by atoms with E-state index in [2.05, 4.69) is 60.6 Å². The Balaban J connectivity index is 3.28. The molecule has 0 bridgehead atoms. The van der Waals surface area contributed by atoms with E-state index in [9.17, 15) is 5.11 Å². The molecule has 1 N–H and O–H groups in total. The third kappa shape index (κ3) is 4.51. The van der Waals surface area contributed by atoms with Crippen LogP contribution >= 0.6 is 0 Å². The molecule has 1 aromatic rings. The van der Waals surface area contributed by atoms with Crippen LogP contribution in [0.25, 0.3) is 0 Å². The third-order valence-electron chi connectivity index (χ3n) is 5.02. The number of aryl methyl sites for hydroxylation is 1. The van der Waals surface area contributed by atoms with Crippen LogP contribution in [-0.2, 0) is 10.8 Å². The van der Waals surface area contributed by atoms with Gasteiger partial charge in [0.25, 0.3) is 0 Å². The van der Waals surface area contributed by atoms with E-state index in [1.54, 1.807) is 0 Å². The second-order valence-corrected chi connectivity index (χ2v) is 8.18. The molecular formula is C21H36O. The van der Waals surface area contributed by atoms with E-state index in [4.69, 9.17) is 0 Å². The summed E-state index contributed by atoms with van der Waals surface area (Å²) < 4.78 is 0. The SMILES string of the molecule is CCCCC(C)(C)c1cc(C)cc(C(C)(C)CCCC)c1O. The lowest BCUT2D eigenvalue weighted by atomic mass is 9.73. The van der Waals surface area contributed by atoms with Crippen molar-refractivity contribution in [3.63, 3.8) is 0 Å². The van der Waals surface area contributed by atoms with Gasteiger partial charge in [-0.3, -0.25) is 0 Å². The van der Waals surface area contributed by atoms with Crippen molar-refractivity contribution < 1.29 is 5.11 Å². The Morgan fingerprint density at radius 3 is 1.50 bits per heavy atom. The number of phenols is 1. The zero-order valence-corrected chi connectivity index (χ0v) is 15.8. The molecule has 0 heterocycles. The number of hydrogen-bond donors (Lipinski definition) is 1. The van der Waals surface area contributed by atoms with E-state index >= 15 is 0 Å². The predicted molar refractivity (Wildman–Crippen MR) is 97.9 cm³/mol. The molecule has 0 fully saturated rings. The second-order valence-electron chi connectivity index (χ2n) is 8.18. The van der Waals surface area contributed by atoms with E-state index in [0.29, 0.717) is 5.75 Å². The largest absolute Gasteiger partial charge is 0.507 e. The third-order valence-corrected chi connectivity index (χ3v) is 5.02. The van der Waals surface area contributed by atoms with Gasteiger partial charge in [0.05, 0.1) is 0 Å². The first-order valence-corrected chi connectivity index (χ1v) is 9.00. The number of unbranched alkanes of at least 4 members (excludes halogenated alkanes) is 2. The van der Waals surface area contributed by atoms with Crippen LogP contribution in [0.1, 0.15) is 96.8 Å². The zero-order chi connectivity index (χ0) is 17.0. The van der Waals surface area contributed by atoms with Crippen LogP contribution < -0.4 is 0 Å². The molecule has 126 valence electrons. The normalized spacial score (nSPS) is 12.7. The molecule has 22 heavy (non-hydrogen) atoms. The number of rotatable bonds is 8. The molecule has 0 aliphatic carbocycles. The summed E-state index contributed by atoms with van der Waals surface area (Å²) in [7, 11) is 0. The Labute approximate surface area is 138 Å². The van der Waals surface area contributed by atoms with Crippen LogP contribution in [-0.4, -0.2) is 5.11 Å². The van der Waals surface area contributed by atoms with Crippen LogP contribution in [0.5, 0.6) is 5.75 Å². The van der Waals surface area contributed by atoms with Crippen LogP contribution in [0.4, 0.5) is 0 Å². The molecule has 1 rings (SSSR count). The van der Waals surface area contributed by atoms with Gasteiger partial charge in [0.15, 0.2) is 0 Å². The van der Waals surface area contributed by atoms with Crippen molar-refractivity contribution in [1.29, 1.82) is 0 Å². The fraction of sp³-hybridized carbons (Fsp3) is 0.714. The number of aromatic hydroxyl groups is 1. The molecule has 0 amide bonds. The van der Waals surface area contributed by atoms with Gasteiger partial charge in [-0.25, -0.2) is 0 Å². The van der Waals surface area contributed by atoms with Crippen molar-refractivity contribution in [2.75, 3.05) is 0 Å². The van der Waals surface area contributed by atoms with Gasteiger partial charge >= 0.3 is 0 Å². The molecule has 0 unspecified atom stereocenters. The van der Waals surface area contributed by atoms with E-state index in [-0.39, 0.29) is 10.8 Å². The molecule has 0 saturated heterocycles. The summed E-state index contributed by atoms with van der Waals surface area (Å²) in [5.41, 5.74) is 3.57. The van der Waals surface area contributed by atoms with Crippen molar-refractivity contribution >= 4 is 0 Å². The highest BCUT2D eigenvalue weighted by Gasteiger charge is 2.30. The van der Waals surface area contributed by atoms with Gasteiger partial charge in [-0.05, 0) is 30.6 Å². The lowest BCUT2D eigenvalue weighted by molar-refractivity contribution is 0.382. The van der Waals surface area contributed by atoms with Crippen molar-refractivity contribution in [2.24, 2.45) is 0 Å². The van der Waals surface area contributed by atoms with Crippen molar-refractivity contribution in [2.45, 2.75) is 97.8 Å². The summed E-state index contributed by atoms with van der Waals surface area (Å²) in [5.74, 6) is 0.535. The summed E-state index contributed by atoms with van der Waals surface area (Å²) in [6, 6.07) is 4.37. The van der Waals surface area contributed by atoms with Gasteiger partial charge in [-0.2, -0.15) is 0 Å². The average Bonchev–Trinajstić information content (AvgIpc) is 2.44. The quantitative estimate of drug-likeness (QED) is 0.571. The summed E-state index contributed by atoms with van der Waals surface area (Å²) >= 11 is 0. The smallest absolute Gasteiger partial charge is 0.123 e. The number of benzene rings is 1.